The monoisotopic (exact) mass is 416 g/mol. The first-order valence-corrected chi connectivity index (χ1v) is 10.1. The highest BCUT2D eigenvalue weighted by molar-refractivity contribution is 5.95. The summed E-state index contributed by atoms with van der Waals surface area (Å²) >= 11 is 0. The Bertz CT molecular complexity index is 1130. The molecule has 1 aliphatic heterocycles. The number of para-hydroxylation sites is 1. The molecule has 1 aliphatic rings. The third kappa shape index (κ3) is 4.21. The number of aromatic nitrogens is 2. The molecule has 0 spiro atoms. The molecule has 1 aromatic heterocycles. The normalized spacial score (nSPS) is 16.1. The number of hydrogen-bond donors (Lipinski definition) is 2. The Morgan fingerprint density at radius 3 is 2.35 bits per heavy atom. The summed E-state index contributed by atoms with van der Waals surface area (Å²) in [7, 11) is 0. The van der Waals surface area contributed by atoms with Crippen molar-refractivity contribution in [2.75, 3.05) is 0 Å². The number of benzene rings is 2. The topological polar surface area (TPSA) is 85.2 Å². The van der Waals surface area contributed by atoms with E-state index in [1.165, 1.54) is 0 Å². The van der Waals surface area contributed by atoms with Gasteiger partial charge in [-0.15, -0.1) is 0 Å². The highest BCUT2D eigenvalue weighted by Crippen LogP contribution is 2.35. The molecule has 2 N–H and O–H groups in total. The molecule has 7 nitrogen and oxygen atoms in total. The molecule has 7 heteroatoms. The number of nitrogens with zero attached hydrogens (tertiary/aromatic N) is 2. The molecule has 3 aromatic rings. The molecule has 0 radical (unpaired) electrons. The fourth-order valence-corrected chi connectivity index (χ4v) is 3.61. The maximum Gasteiger partial charge on any atom is 0.338 e. The Hall–Kier alpha value is -3.87. The first-order valence-electron chi connectivity index (χ1n) is 10.1. The van der Waals surface area contributed by atoms with E-state index in [0.717, 1.165) is 11.3 Å². The number of carbonyl (C=O) groups is 2. The Morgan fingerprint density at radius 2 is 1.71 bits per heavy atom. The lowest BCUT2D eigenvalue weighted by molar-refractivity contribution is -0.143. The largest absolute Gasteiger partial charge is 0.459 e. The number of carbonyl (C=O) groups excluding carboxylic acids is 2. The van der Waals surface area contributed by atoms with Crippen LogP contribution >= 0.6 is 0 Å². The molecule has 2 heterocycles. The number of hydrogen-bond acceptors (Lipinski definition) is 4. The van der Waals surface area contributed by atoms with Crippen molar-refractivity contribution in [1.29, 1.82) is 0 Å². The minimum Gasteiger partial charge on any atom is -0.459 e. The van der Waals surface area contributed by atoms with Gasteiger partial charge in [0.1, 0.15) is 0 Å². The Kier molecular flexibility index (Phi) is 5.58. The summed E-state index contributed by atoms with van der Waals surface area (Å²) in [5, 5.41) is 10.4. The predicted molar refractivity (Wildman–Crippen MR) is 117 cm³/mol. The minimum absolute atomic E-state index is 0.285. The van der Waals surface area contributed by atoms with E-state index < -0.39 is 12.0 Å². The summed E-state index contributed by atoms with van der Waals surface area (Å²) < 4.78 is 7.23. The van der Waals surface area contributed by atoms with E-state index in [1.807, 2.05) is 66.9 Å². The van der Waals surface area contributed by atoms with E-state index in [4.69, 9.17) is 9.84 Å². The SMILES string of the molecule is CC1=C(C(=O)OC(C)C)[C@H](c2cn(-c3ccccc3)nc2-c2ccccc2)NC(=O)N1. The summed E-state index contributed by atoms with van der Waals surface area (Å²) in [4.78, 5) is 25.3. The predicted octanol–water partition coefficient (Wildman–Crippen LogP) is 4.12. The first-order chi connectivity index (χ1) is 14.9. The van der Waals surface area contributed by atoms with Crippen LogP contribution in [-0.4, -0.2) is 27.9 Å². The van der Waals surface area contributed by atoms with Crippen LogP contribution in [0.5, 0.6) is 0 Å². The van der Waals surface area contributed by atoms with Gasteiger partial charge in [-0.05, 0) is 32.9 Å². The molecule has 0 fully saturated rings. The van der Waals surface area contributed by atoms with E-state index in [1.54, 1.807) is 25.5 Å². The zero-order valence-corrected chi connectivity index (χ0v) is 17.6. The van der Waals surface area contributed by atoms with Gasteiger partial charge in [-0.1, -0.05) is 48.5 Å². The number of amides is 2. The molecule has 31 heavy (non-hydrogen) atoms. The van der Waals surface area contributed by atoms with Gasteiger partial charge in [-0.25, -0.2) is 14.3 Å². The van der Waals surface area contributed by atoms with Gasteiger partial charge in [0, 0.05) is 23.0 Å². The van der Waals surface area contributed by atoms with Crippen molar-refractivity contribution in [3.05, 3.63) is 83.7 Å². The fraction of sp³-hybridized carbons (Fsp3) is 0.208. The number of nitrogens with one attached hydrogen (secondary N) is 2. The molecule has 2 amide bonds. The van der Waals surface area contributed by atoms with Crippen LogP contribution in [-0.2, 0) is 9.53 Å². The van der Waals surface area contributed by atoms with E-state index in [0.29, 0.717) is 22.5 Å². The van der Waals surface area contributed by atoms with Crippen molar-refractivity contribution in [1.82, 2.24) is 20.4 Å². The van der Waals surface area contributed by atoms with Gasteiger partial charge in [-0.2, -0.15) is 5.10 Å². The summed E-state index contributed by atoms with van der Waals surface area (Å²) in [6.07, 6.45) is 1.57. The lowest BCUT2D eigenvalue weighted by atomic mass is 9.94. The summed E-state index contributed by atoms with van der Waals surface area (Å²) in [5.41, 5.74) is 3.97. The van der Waals surface area contributed by atoms with E-state index >= 15 is 0 Å². The number of allylic oxidation sites excluding steroid dienone is 1. The quantitative estimate of drug-likeness (QED) is 0.613. The average molecular weight is 416 g/mol. The molecule has 0 saturated carbocycles. The van der Waals surface area contributed by atoms with Crippen molar-refractivity contribution in [3.63, 3.8) is 0 Å². The van der Waals surface area contributed by atoms with Gasteiger partial charge < -0.3 is 15.4 Å². The average Bonchev–Trinajstić information content (AvgIpc) is 3.19. The third-order valence-corrected chi connectivity index (χ3v) is 4.95. The zero-order valence-electron chi connectivity index (χ0n) is 17.6. The molecule has 0 bridgehead atoms. The number of esters is 1. The van der Waals surface area contributed by atoms with Crippen molar-refractivity contribution in [2.45, 2.75) is 32.9 Å². The van der Waals surface area contributed by atoms with Gasteiger partial charge >= 0.3 is 12.0 Å². The first kappa shape index (κ1) is 20.4. The zero-order chi connectivity index (χ0) is 22.0. The lowest BCUT2D eigenvalue weighted by Crippen LogP contribution is -2.45. The molecule has 4 rings (SSSR count). The van der Waals surface area contributed by atoms with Crippen molar-refractivity contribution >= 4 is 12.0 Å². The maximum atomic E-state index is 12.9. The number of ether oxygens (including phenoxy) is 1. The van der Waals surface area contributed by atoms with Crippen LogP contribution in [0.3, 0.4) is 0 Å². The Labute approximate surface area is 180 Å². The summed E-state index contributed by atoms with van der Waals surface area (Å²) in [6, 6.07) is 18.3. The fourth-order valence-electron chi connectivity index (χ4n) is 3.61. The Balaban J connectivity index is 1.88. The van der Waals surface area contributed by atoms with Crippen LogP contribution in [0.4, 0.5) is 4.79 Å². The molecule has 0 saturated heterocycles. The van der Waals surface area contributed by atoms with E-state index in [2.05, 4.69) is 10.6 Å². The van der Waals surface area contributed by atoms with Crippen molar-refractivity contribution in [2.24, 2.45) is 0 Å². The third-order valence-electron chi connectivity index (χ3n) is 4.95. The second-order valence-electron chi connectivity index (χ2n) is 7.60. The molecule has 158 valence electrons. The number of rotatable bonds is 5. The van der Waals surface area contributed by atoms with Crippen LogP contribution < -0.4 is 10.6 Å². The second kappa shape index (κ2) is 8.47. The highest BCUT2D eigenvalue weighted by Gasteiger charge is 2.35. The smallest absolute Gasteiger partial charge is 0.338 e. The molecule has 0 unspecified atom stereocenters. The van der Waals surface area contributed by atoms with Crippen molar-refractivity contribution in [3.8, 4) is 16.9 Å². The van der Waals surface area contributed by atoms with E-state index in [-0.39, 0.29) is 12.1 Å². The van der Waals surface area contributed by atoms with Gasteiger partial charge in [0.25, 0.3) is 0 Å². The summed E-state index contributed by atoms with van der Waals surface area (Å²) in [5.74, 6) is -0.475. The second-order valence-corrected chi connectivity index (χ2v) is 7.60. The molecule has 2 aromatic carbocycles. The van der Waals surface area contributed by atoms with Gasteiger partial charge in [0.05, 0.1) is 29.1 Å². The van der Waals surface area contributed by atoms with Gasteiger partial charge in [0.2, 0.25) is 0 Å². The Morgan fingerprint density at radius 1 is 1.06 bits per heavy atom. The highest BCUT2D eigenvalue weighted by atomic mass is 16.5. The van der Waals surface area contributed by atoms with Crippen molar-refractivity contribution < 1.29 is 14.3 Å². The molecule has 1 atom stereocenters. The van der Waals surface area contributed by atoms with E-state index in [9.17, 15) is 9.59 Å². The molecular weight excluding hydrogens is 392 g/mol. The lowest BCUT2D eigenvalue weighted by Gasteiger charge is -2.28. The van der Waals surface area contributed by atoms with Crippen LogP contribution in [0, 0.1) is 0 Å². The summed E-state index contributed by atoms with van der Waals surface area (Å²) in [6.45, 7) is 5.29. The van der Waals surface area contributed by atoms with Gasteiger partial charge in [0.15, 0.2) is 0 Å². The van der Waals surface area contributed by atoms with Gasteiger partial charge in [-0.3, -0.25) is 0 Å². The maximum absolute atomic E-state index is 12.9. The number of urea groups is 1. The standard InChI is InChI=1S/C24H24N4O3/c1-15(2)31-23(29)20-16(3)25-24(30)26-22(20)19-14-28(18-12-8-5-9-13-18)27-21(19)17-10-6-4-7-11-17/h4-15,22H,1-3H3,(H2,25,26,30)/t22-/m0/s1. The molecular formula is C24H24N4O3. The van der Waals surface area contributed by atoms with Crippen LogP contribution in [0.15, 0.2) is 78.1 Å². The minimum atomic E-state index is -0.701. The van der Waals surface area contributed by atoms with Crippen LogP contribution in [0.25, 0.3) is 16.9 Å². The van der Waals surface area contributed by atoms with Crippen LogP contribution in [0.2, 0.25) is 0 Å². The van der Waals surface area contributed by atoms with Crippen LogP contribution in [0.1, 0.15) is 32.4 Å². The molecule has 0 aliphatic carbocycles.